The predicted molar refractivity (Wildman–Crippen MR) is 104 cm³/mol. The maximum Gasteiger partial charge on any atom is 0.0322 e. The normalized spacial score (nSPS) is 17.8. The molecule has 0 saturated carbocycles. The van der Waals surface area contributed by atoms with Crippen molar-refractivity contribution in [2.45, 2.75) is 59.8 Å². The zero-order valence-corrected chi connectivity index (χ0v) is 15.7. The fourth-order valence-corrected chi connectivity index (χ4v) is 2.95. The van der Waals surface area contributed by atoms with E-state index < -0.39 is 0 Å². The lowest BCUT2D eigenvalue weighted by Gasteiger charge is -2.33. The Morgan fingerprint density at radius 1 is 1.17 bits per heavy atom. The summed E-state index contributed by atoms with van der Waals surface area (Å²) in [6, 6.07) is 0. The molecule has 0 unspecified atom stereocenters. The van der Waals surface area contributed by atoms with Gasteiger partial charge in [-0.1, -0.05) is 64.7 Å². The van der Waals surface area contributed by atoms with E-state index in [1.54, 1.807) is 0 Å². The molecule has 0 aromatic carbocycles. The van der Waals surface area contributed by atoms with Crippen LogP contribution in [-0.2, 0) is 0 Å². The molecule has 23 heavy (non-hydrogen) atoms. The average molecular weight is 314 g/mol. The zero-order chi connectivity index (χ0) is 17.2. The van der Waals surface area contributed by atoms with Crippen molar-refractivity contribution < 1.29 is 0 Å². The van der Waals surface area contributed by atoms with E-state index in [1.165, 1.54) is 29.7 Å². The van der Waals surface area contributed by atoms with E-state index in [0.717, 1.165) is 43.8 Å². The van der Waals surface area contributed by atoms with Gasteiger partial charge in [-0.3, -0.25) is 0 Å². The molecule has 1 nitrogen and oxygen atoms in total. The highest BCUT2D eigenvalue weighted by atomic mass is 15.1. The molecule has 1 saturated heterocycles. The van der Waals surface area contributed by atoms with Gasteiger partial charge in [0.25, 0.3) is 0 Å². The molecule has 0 aliphatic carbocycles. The Hall–Kier alpha value is -1.50. The third-order valence-corrected chi connectivity index (χ3v) is 4.65. The third kappa shape index (κ3) is 6.64. The molecule has 1 fully saturated rings. The second-order valence-corrected chi connectivity index (χ2v) is 6.74. The van der Waals surface area contributed by atoms with Crippen molar-refractivity contribution in [1.82, 2.24) is 4.90 Å². The highest BCUT2D eigenvalue weighted by Crippen LogP contribution is 2.23. The van der Waals surface area contributed by atoms with Crippen LogP contribution in [-0.4, -0.2) is 18.0 Å². The van der Waals surface area contributed by atoms with Crippen molar-refractivity contribution in [3.05, 3.63) is 59.9 Å². The van der Waals surface area contributed by atoms with Gasteiger partial charge in [0.15, 0.2) is 0 Å². The summed E-state index contributed by atoms with van der Waals surface area (Å²) in [6.45, 7) is 19.7. The largest absolute Gasteiger partial charge is 0.372 e. The molecular formula is C22H35N. The molecule has 0 radical (unpaired) electrons. The lowest BCUT2D eigenvalue weighted by Crippen LogP contribution is -2.32. The van der Waals surface area contributed by atoms with Gasteiger partial charge in [-0.15, -0.1) is 0 Å². The quantitative estimate of drug-likeness (QED) is 0.467. The molecule has 0 bridgehead atoms. The van der Waals surface area contributed by atoms with E-state index in [-0.39, 0.29) is 0 Å². The van der Waals surface area contributed by atoms with Crippen LogP contribution in [0.3, 0.4) is 0 Å². The summed E-state index contributed by atoms with van der Waals surface area (Å²) in [7, 11) is 0. The van der Waals surface area contributed by atoms with Crippen molar-refractivity contribution >= 4 is 0 Å². The summed E-state index contributed by atoms with van der Waals surface area (Å²) in [4.78, 5) is 2.42. The average Bonchev–Trinajstić information content (AvgIpc) is 2.54. The number of hydrogen-bond donors (Lipinski definition) is 0. The topological polar surface area (TPSA) is 3.24 Å². The fourth-order valence-electron chi connectivity index (χ4n) is 2.95. The molecule has 1 heterocycles. The summed E-state index contributed by atoms with van der Waals surface area (Å²) in [5, 5.41) is 0. The Morgan fingerprint density at radius 3 is 2.39 bits per heavy atom. The molecule has 0 spiro atoms. The van der Waals surface area contributed by atoms with E-state index in [1.807, 2.05) is 0 Å². The van der Waals surface area contributed by atoms with Crippen LogP contribution < -0.4 is 0 Å². The first-order chi connectivity index (χ1) is 11.0. The number of rotatable bonds is 8. The van der Waals surface area contributed by atoms with E-state index in [0.29, 0.717) is 0 Å². The second-order valence-electron chi connectivity index (χ2n) is 6.74. The van der Waals surface area contributed by atoms with Crippen molar-refractivity contribution in [2.75, 3.05) is 13.1 Å². The molecular weight excluding hydrogens is 278 g/mol. The van der Waals surface area contributed by atoms with E-state index in [9.17, 15) is 0 Å². The van der Waals surface area contributed by atoms with Crippen molar-refractivity contribution in [3.63, 3.8) is 0 Å². The van der Waals surface area contributed by atoms with Gasteiger partial charge in [0.05, 0.1) is 0 Å². The van der Waals surface area contributed by atoms with Crippen LogP contribution in [0, 0.1) is 5.92 Å². The molecule has 1 aliphatic heterocycles. The zero-order valence-electron chi connectivity index (χ0n) is 15.7. The summed E-state index contributed by atoms with van der Waals surface area (Å²) < 4.78 is 0. The molecule has 0 aromatic rings. The Morgan fingerprint density at radius 2 is 1.83 bits per heavy atom. The fraction of sp³-hybridized carbons (Fsp3) is 0.545. The number of likely N-dealkylation sites (tertiary alicyclic amines) is 1. The number of hydrogen-bond acceptors (Lipinski definition) is 1. The van der Waals surface area contributed by atoms with Crippen molar-refractivity contribution in [3.8, 4) is 0 Å². The van der Waals surface area contributed by atoms with E-state index >= 15 is 0 Å². The van der Waals surface area contributed by atoms with Crippen LogP contribution in [0.4, 0.5) is 0 Å². The van der Waals surface area contributed by atoms with Crippen LogP contribution in [0.2, 0.25) is 0 Å². The first kappa shape index (κ1) is 19.5. The molecule has 1 heteroatoms. The van der Waals surface area contributed by atoms with Gasteiger partial charge >= 0.3 is 0 Å². The van der Waals surface area contributed by atoms with Gasteiger partial charge in [0.1, 0.15) is 0 Å². The van der Waals surface area contributed by atoms with Gasteiger partial charge in [-0.05, 0) is 55.2 Å². The summed E-state index contributed by atoms with van der Waals surface area (Å²) in [6.07, 6.45) is 14.6. The minimum absolute atomic E-state index is 0.855. The number of nitrogens with zero attached hydrogens (tertiary/aromatic N) is 1. The molecule has 0 amide bonds. The first-order valence-corrected chi connectivity index (χ1v) is 9.17. The highest BCUT2D eigenvalue weighted by Gasteiger charge is 2.16. The van der Waals surface area contributed by atoms with Crippen LogP contribution in [0.5, 0.6) is 0 Å². The predicted octanol–water partition coefficient (Wildman–Crippen LogP) is 6.43. The minimum atomic E-state index is 0.855. The summed E-state index contributed by atoms with van der Waals surface area (Å²) >= 11 is 0. The minimum Gasteiger partial charge on any atom is -0.372 e. The van der Waals surface area contributed by atoms with Crippen LogP contribution >= 0.6 is 0 Å². The SMILES string of the molecule is C=C(/C=C\C=C(/C)C(=C)N1CCC(C)CC1)/C(=C/CC)CCC. The molecule has 1 aliphatic rings. The standard InChI is InChI=1S/C22H35N/c1-7-10-22(11-8-2)20(5)13-9-12-19(4)21(6)23-16-14-18(3)15-17-23/h9-10,12-13,18H,5-8,11,14-17H2,1-4H3/b13-9-,19-12+,22-10+. The molecule has 1 rings (SSSR count). The van der Waals surface area contributed by atoms with Crippen LogP contribution in [0.1, 0.15) is 59.8 Å². The maximum absolute atomic E-state index is 4.29. The molecule has 0 atom stereocenters. The van der Waals surface area contributed by atoms with Gasteiger partial charge in [-0.2, -0.15) is 0 Å². The Bertz CT molecular complexity index is 482. The molecule has 128 valence electrons. The molecule has 0 aromatic heterocycles. The second kappa shape index (κ2) is 10.3. The smallest absolute Gasteiger partial charge is 0.0322 e. The van der Waals surface area contributed by atoms with Crippen LogP contribution in [0.15, 0.2) is 59.9 Å². The van der Waals surface area contributed by atoms with Crippen molar-refractivity contribution in [2.24, 2.45) is 5.92 Å². The summed E-state index contributed by atoms with van der Waals surface area (Å²) in [5.41, 5.74) is 4.93. The van der Waals surface area contributed by atoms with E-state index in [2.05, 4.69) is 70.1 Å². The lowest BCUT2D eigenvalue weighted by atomic mass is 9.98. The van der Waals surface area contributed by atoms with Gasteiger partial charge in [-0.25, -0.2) is 0 Å². The lowest BCUT2D eigenvalue weighted by molar-refractivity contribution is 0.241. The molecule has 0 N–H and O–H groups in total. The van der Waals surface area contributed by atoms with Crippen molar-refractivity contribution in [1.29, 1.82) is 0 Å². The van der Waals surface area contributed by atoms with Crippen LogP contribution in [0.25, 0.3) is 0 Å². The third-order valence-electron chi connectivity index (χ3n) is 4.65. The number of piperidine rings is 1. The summed E-state index contributed by atoms with van der Waals surface area (Å²) in [5.74, 6) is 0.855. The Balaban J connectivity index is 2.62. The van der Waals surface area contributed by atoms with E-state index in [4.69, 9.17) is 0 Å². The number of allylic oxidation sites excluding steroid dienone is 7. The first-order valence-electron chi connectivity index (χ1n) is 9.17. The Labute approximate surface area is 144 Å². The van der Waals surface area contributed by atoms with Gasteiger partial charge < -0.3 is 4.90 Å². The maximum atomic E-state index is 4.29. The van der Waals surface area contributed by atoms with Gasteiger partial charge in [0.2, 0.25) is 0 Å². The Kier molecular flexibility index (Phi) is 8.76. The monoisotopic (exact) mass is 313 g/mol. The van der Waals surface area contributed by atoms with Gasteiger partial charge in [0, 0.05) is 18.8 Å². The highest BCUT2D eigenvalue weighted by molar-refractivity contribution is 5.39.